The number of anilines is 1. The molecule has 1 fully saturated rings. The fraction of sp³-hybridized carbons (Fsp3) is 0.273. The zero-order valence-electron chi connectivity index (χ0n) is 16.5. The van der Waals surface area contributed by atoms with Crippen molar-refractivity contribution in [3.05, 3.63) is 65.4 Å². The molecule has 30 heavy (non-hydrogen) atoms. The van der Waals surface area contributed by atoms with Gasteiger partial charge < -0.3 is 14.6 Å². The summed E-state index contributed by atoms with van der Waals surface area (Å²) >= 11 is 0. The average Bonchev–Trinajstić information content (AvgIpc) is 3.06. The Balaban J connectivity index is 1.34. The normalized spacial score (nSPS) is 14.8. The SMILES string of the molecule is Cc1c(C(=O)N2CCN(CC(=O)Nc3ccc(F)cc3)CC2)oc2ccc(F)cc12. The van der Waals surface area contributed by atoms with Crippen LogP contribution >= 0.6 is 0 Å². The number of hydrogen-bond acceptors (Lipinski definition) is 4. The van der Waals surface area contributed by atoms with E-state index in [1.165, 1.54) is 42.5 Å². The van der Waals surface area contributed by atoms with E-state index in [1.807, 2.05) is 4.90 Å². The Morgan fingerprint density at radius 2 is 1.67 bits per heavy atom. The van der Waals surface area contributed by atoms with Crippen LogP contribution in [0.4, 0.5) is 14.5 Å². The fourth-order valence-electron chi connectivity index (χ4n) is 3.59. The van der Waals surface area contributed by atoms with Crippen LogP contribution in [0.3, 0.4) is 0 Å². The lowest BCUT2D eigenvalue weighted by molar-refractivity contribution is -0.117. The van der Waals surface area contributed by atoms with Gasteiger partial charge in [-0.05, 0) is 49.4 Å². The van der Waals surface area contributed by atoms with E-state index in [1.54, 1.807) is 11.8 Å². The number of rotatable bonds is 4. The second-order valence-electron chi connectivity index (χ2n) is 7.32. The van der Waals surface area contributed by atoms with Crippen molar-refractivity contribution in [1.82, 2.24) is 9.80 Å². The Hall–Kier alpha value is -3.26. The lowest BCUT2D eigenvalue weighted by Gasteiger charge is -2.33. The third-order valence-electron chi connectivity index (χ3n) is 5.25. The number of benzene rings is 2. The molecular weight excluding hydrogens is 392 g/mol. The summed E-state index contributed by atoms with van der Waals surface area (Å²) in [5.41, 5.74) is 1.64. The van der Waals surface area contributed by atoms with E-state index in [4.69, 9.17) is 4.42 Å². The zero-order chi connectivity index (χ0) is 21.3. The van der Waals surface area contributed by atoms with Crippen molar-refractivity contribution in [3.63, 3.8) is 0 Å². The maximum absolute atomic E-state index is 13.5. The van der Waals surface area contributed by atoms with Crippen molar-refractivity contribution >= 4 is 28.5 Å². The Labute approximate surface area is 172 Å². The summed E-state index contributed by atoms with van der Waals surface area (Å²) in [5.74, 6) is -0.953. The van der Waals surface area contributed by atoms with Crippen molar-refractivity contribution in [3.8, 4) is 0 Å². The van der Waals surface area contributed by atoms with Crippen molar-refractivity contribution < 1.29 is 22.8 Å². The highest BCUT2D eigenvalue weighted by molar-refractivity contribution is 5.99. The van der Waals surface area contributed by atoms with Gasteiger partial charge in [0.1, 0.15) is 17.2 Å². The highest BCUT2D eigenvalue weighted by Crippen LogP contribution is 2.27. The molecule has 0 aliphatic carbocycles. The minimum absolute atomic E-state index is 0.183. The van der Waals surface area contributed by atoms with Gasteiger partial charge in [0.15, 0.2) is 5.76 Å². The summed E-state index contributed by atoms with van der Waals surface area (Å²) in [6.45, 7) is 3.91. The number of carbonyl (C=O) groups excluding carboxylic acids is 2. The van der Waals surface area contributed by atoms with Crippen LogP contribution < -0.4 is 5.32 Å². The van der Waals surface area contributed by atoms with E-state index < -0.39 is 0 Å². The van der Waals surface area contributed by atoms with Crippen LogP contribution in [0, 0.1) is 18.6 Å². The highest BCUT2D eigenvalue weighted by Gasteiger charge is 2.27. The van der Waals surface area contributed by atoms with Crippen LogP contribution in [0.25, 0.3) is 11.0 Å². The molecule has 2 amide bonds. The quantitative estimate of drug-likeness (QED) is 0.712. The largest absolute Gasteiger partial charge is 0.451 e. The molecule has 3 aromatic rings. The van der Waals surface area contributed by atoms with Gasteiger partial charge in [0.05, 0.1) is 6.54 Å². The van der Waals surface area contributed by atoms with E-state index >= 15 is 0 Å². The van der Waals surface area contributed by atoms with Crippen LogP contribution in [0.5, 0.6) is 0 Å². The minimum atomic E-state index is -0.377. The molecule has 0 atom stereocenters. The van der Waals surface area contributed by atoms with Crippen LogP contribution in [0.1, 0.15) is 16.1 Å². The molecule has 1 N–H and O–H groups in total. The van der Waals surface area contributed by atoms with Crippen molar-refractivity contribution in [2.24, 2.45) is 0 Å². The molecule has 2 heterocycles. The predicted molar refractivity (Wildman–Crippen MR) is 108 cm³/mol. The molecular formula is C22H21F2N3O3. The van der Waals surface area contributed by atoms with E-state index in [-0.39, 0.29) is 35.8 Å². The van der Waals surface area contributed by atoms with Gasteiger partial charge in [-0.1, -0.05) is 0 Å². The Kier molecular flexibility index (Phi) is 5.50. The van der Waals surface area contributed by atoms with Crippen LogP contribution in [-0.4, -0.2) is 54.3 Å². The molecule has 6 nitrogen and oxygen atoms in total. The van der Waals surface area contributed by atoms with Gasteiger partial charge in [-0.3, -0.25) is 14.5 Å². The number of fused-ring (bicyclic) bond motifs is 1. The number of nitrogens with one attached hydrogen (secondary N) is 1. The Morgan fingerprint density at radius 1 is 1.00 bits per heavy atom. The summed E-state index contributed by atoms with van der Waals surface area (Å²) in [5, 5.41) is 3.32. The third kappa shape index (κ3) is 4.18. The first kappa shape index (κ1) is 20.0. The summed E-state index contributed by atoms with van der Waals surface area (Å²) in [7, 11) is 0. The predicted octanol–water partition coefficient (Wildman–Crippen LogP) is 3.42. The number of carbonyl (C=O) groups is 2. The lowest BCUT2D eigenvalue weighted by Crippen LogP contribution is -2.50. The molecule has 0 bridgehead atoms. The molecule has 1 aliphatic rings. The summed E-state index contributed by atoms with van der Waals surface area (Å²) in [4.78, 5) is 28.7. The van der Waals surface area contributed by atoms with Crippen molar-refractivity contribution in [2.45, 2.75) is 6.92 Å². The van der Waals surface area contributed by atoms with E-state index in [2.05, 4.69) is 5.32 Å². The van der Waals surface area contributed by atoms with Gasteiger partial charge >= 0.3 is 0 Å². The molecule has 4 rings (SSSR count). The fourth-order valence-corrected chi connectivity index (χ4v) is 3.59. The molecule has 1 aromatic heterocycles. The standard InChI is InChI=1S/C22H21F2N3O3/c1-14-18-12-16(24)4-7-19(18)30-21(14)22(29)27-10-8-26(9-11-27)13-20(28)25-17-5-2-15(23)3-6-17/h2-7,12H,8-11,13H2,1H3,(H,25,28). The van der Waals surface area contributed by atoms with Gasteiger partial charge in [0, 0.05) is 42.8 Å². The van der Waals surface area contributed by atoms with Gasteiger partial charge in [-0.2, -0.15) is 0 Å². The van der Waals surface area contributed by atoms with Crippen molar-refractivity contribution in [2.75, 3.05) is 38.0 Å². The number of halogens is 2. The number of furan rings is 1. The minimum Gasteiger partial charge on any atom is -0.451 e. The monoisotopic (exact) mass is 413 g/mol. The molecule has 0 unspecified atom stereocenters. The number of aryl methyl sites for hydroxylation is 1. The summed E-state index contributed by atoms with van der Waals surface area (Å²) in [6.07, 6.45) is 0. The van der Waals surface area contributed by atoms with Crippen LogP contribution in [-0.2, 0) is 4.79 Å². The molecule has 1 saturated heterocycles. The van der Waals surface area contributed by atoms with E-state index in [9.17, 15) is 18.4 Å². The second kappa shape index (κ2) is 8.23. The van der Waals surface area contributed by atoms with Gasteiger partial charge in [-0.25, -0.2) is 8.78 Å². The third-order valence-corrected chi connectivity index (χ3v) is 5.25. The number of piperazine rings is 1. The van der Waals surface area contributed by atoms with Crippen molar-refractivity contribution in [1.29, 1.82) is 0 Å². The second-order valence-corrected chi connectivity index (χ2v) is 7.32. The topological polar surface area (TPSA) is 65.8 Å². The molecule has 0 radical (unpaired) electrons. The molecule has 1 aliphatic heterocycles. The maximum atomic E-state index is 13.5. The lowest BCUT2D eigenvalue weighted by atomic mass is 10.1. The number of amides is 2. The highest BCUT2D eigenvalue weighted by atomic mass is 19.1. The average molecular weight is 413 g/mol. The zero-order valence-corrected chi connectivity index (χ0v) is 16.5. The molecule has 2 aromatic carbocycles. The first-order valence-corrected chi connectivity index (χ1v) is 9.66. The van der Waals surface area contributed by atoms with Crippen LogP contribution in [0.15, 0.2) is 46.9 Å². The van der Waals surface area contributed by atoms with E-state index in [0.717, 1.165) is 0 Å². The van der Waals surface area contributed by atoms with E-state index in [0.29, 0.717) is 48.4 Å². The molecule has 0 saturated carbocycles. The smallest absolute Gasteiger partial charge is 0.289 e. The van der Waals surface area contributed by atoms with Gasteiger partial charge in [0.25, 0.3) is 5.91 Å². The molecule has 0 spiro atoms. The first-order chi connectivity index (χ1) is 14.4. The maximum Gasteiger partial charge on any atom is 0.289 e. The van der Waals surface area contributed by atoms with Crippen LogP contribution in [0.2, 0.25) is 0 Å². The Bertz CT molecular complexity index is 1090. The molecule has 8 heteroatoms. The van der Waals surface area contributed by atoms with Gasteiger partial charge in [0.2, 0.25) is 5.91 Å². The Morgan fingerprint density at radius 3 is 2.37 bits per heavy atom. The molecule has 156 valence electrons. The van der Waals surface area contributed by atoms with Gasteiger partial charge in [-0.15, -0.1) is 0 Å². The summed E-state index contributed by atoms with van der Waals surface area (Å²) < 4.78 is 32.1. The number of hydrogen-bond donors (Lipinski definition) is 1. The first-order valence-electron chi connectivity index (χ1n) is 9.66. The number of nitrogens with zero attached hydrogens (tertiary/aromatic N) is 2. The summed E-state index contributed by atoms with van der Waals surface area (Å²) in [6, 6.07) is 9.77.